The molecule has 4 nitrogen and oxygen atoms in total. The van der Waals surface area contributed by atoms with Gasteiger partial charge in [0, 0.05) is 18.0 Å². The molecule has 0 aliphatic carbocycles. The summed E-state index contributed by atoms with van der Waals surface area (Å²) in [7, 11) is 0. The summed E-state index contributed by atoms with van der Waals surface area (Å²) in [6, 6.07) is 1.57. The first-order valence-electron chi connectivity index (χ1n) is 9.31. The third kappa shape index (κ3) is 4.93. The Labute approximate surface area is 159 Å². The highest BCUT2D eigenvalue weighted by atomic mass is 32.1. The Balaban J connectivity index is 1.61. The van der Waals surface area contributed by atoms with E-state index in [1.807, 2.05) is 33.1 Å². The number of nitrogens with zero attached hydrogens (tertiary/aromatic N) is 3. The van der Waals surface area contributed by atoms with Crippen molar-refractivity contribution in [3.05, 3.63) is 34.0 Å². The number of piperidine rings is 1. The summed E-state index contributed by atoms with van der Waals surface area (Å²) in [5.74, 6) is 2.05. The zero-order chi connectivity index (χ0) is 18.7. The number of ether oxygens (including phenoxy) is 1. The van der Waals surface area contributed by atoms with E-state index in [9.17, 15) is 4.39 Å². The number of thiophene rings is 1. The number of hydrogen-bond acceptors (Lipinski definition) is 5. The van der Waals surface area contributed by atoms with Crippen LogP contribution < -0.4 is 9.64 Å². The molecule has 3 rings (SSSR count). The van der Waals surface area contributed by atoms with Crippen molar-refractivity contribution in [3.8, 4) is 5.88 Å². The molecule has 0 saturated carbocycles. The van der Waals surface area contributed by atoms with Crippen molar-refractivity contribution in [1.29, 1.82) is 0 Å². The van der Waals surface area contributed by atoms with Crippen molar-refractivity contribution in [2.75, 3.05) is 18.0 Å². The molecule has 1 saturated heterocycles. The summed E-state index contributed by atoms with van der Waals surface area (Å²) in [5.41, 5.74) is 0.596. The van der Waals surface area contributed by atoms with Gasteiger partial charge >= 0.3 is 0 Å². The van der Waals surface area contributed by atoms with Gasteiger partial charge in [0.05, 0.1) is 11.9 Å². The van der Waals surface area contributed by atoms with Gasteiger partial charge in [-0.05, 0) is 70.7 Å². The lowest BCUT2D eigenvalue weighted by Gasteiger charge is -2.34. The summed E-state index contributed by atoms with van der Waals surface area (Å²) in [6.45, 7) is 9.91. The van der Waals surface area contributed by atoms with Crippen LogP contribution in [0.3, 0.4) is 0 Å². The molecule has 0 N–H and O–H groups in total. The summed E-state index contributed by atoms with van der Waals surface area (Å²) >= 11 is 1.52. The number of hydrogen-bond donors (Lipinski definition) is 0. The molecule has 0 spiro atoms. The Kier molecular flexibility index (Phi) is 5.80. The van der Waals surface area contributed by atoms with Gasteiger partial charge in [-0.15, -0.1) is 11.3 Å². The maximum atomic E-state index is 13.6. The molecule has 2 aromatic heterocycles. The average molecular weight is 378 g/mol. The average Bonchev–Trinajstić information content (AvgIpc) is 2.99. The Bertz CT molecular complexity index is 733. The molecule has 0 unspecified atom stereocenters. The number of halogens is 1. The molecule has 26 heavy (non-hydrogen) atoms. The SMILES string of the molecule is Cc1cnc(OC(C)(C)C)c(N2CCC(CCc3sccc3F)CC2)n1. The smallest absolute Gasteiger partial charge is 0.258 e. The molecule has 0 aromatic carbocycles. The minimum Gasteiger partial charge on any atom is -0.469 e. The molecular formula is C20H28FN3OS. The predicted octanol–water partition coefficient (Wildman–Crippen LogP) is 5.01. The highest BCUT2D eigenvalue weighted by Crippen LogP contribution is 2.32. The minimum absolute atomic E-state index is 0.0496. The fourth-order valence-electron chi connectivity index (χ4n) is 3.29. The van der Waals surface area contributed by atoms with Crippen LogP contribution >= 0.6 is 11.3 Å². The van der Waals surface area contributed by atoms with Crippen LogP contribution in [-0.2, 0) is 6.42 Å². The van der Waals surface area contributed by atoms with Gasteiger partial charge in [-0.25, -0.2) is 14.4 Å². The maximum Gasteiger partial charge on any atom is 0.258 e. The lowest BCUT2D eigenvalue weighted by molar-refractivity contribution is 0.123. The van der Waals surface area contributed by atoms with E-state index in [0.717, 1.165) is 55.2 Å². The number of rotatable bonds is 5. The van der Waals surface area contributed by atoms with Crippen molar-refractivity contribution >= 4 is 17.2 Å². The van der Waals surface area contributed by atoms with E-state index < -0.39 is 0 Å². The van der Waals surface area contributed by atoms with Gasteiger partial charge in [0.25, 0.3) is 5.88 Å². The first-order valence-corrected chi connectivity index (χ1v) is 10.2. The van der Waals surface area contributed by atoms with Crippen LogP contribution in [0.5, 0.6) is 5.88 Å². The Morgan fingerprint density at radius 2 is 2.04 bits per heavy atom. The molecule has 0 amide bonds. The summed E-state index contributed by atoms with van der Waals surface area (Å²) in [4.78, 5) is 12.3. The van der Waals surface area contributed by atoms with Crippen LogP contribution in [0.1, 0.15) is 50.6 Å². The Hall–Kier alpha value is -1.69. The number of aromatic nitrogens is 2. The lowest BCUT2D eigenvalue weighted by Crippen LogP contribution is -2.35. The summed E-state index contributed by atoms with van der Waals surface area (Å²) in [5, 5.41) is 1.83. The van der Waals surface area contributed by atoms with Gasteiger partial charge in [0.1, 0.15) is 11.4 Å². The monoisotopic (exact) mass is 377 g/mol. The highest BCUT2D eigenvalue weighted by Gasteiger charge is 2.25. The summed E-state index contributed by atoms with van der Waals surface area (Å²) in [6.07, 6.45) is 5.84. The summed E-state index contributed by atoms with van der Waals surface area (Å²) < 4.78 is 19.6. The number of anilines is 1. The third-order valence-corrected chi connectivity index (χ3v) is 5.59. The van der Waals surface area contributed by atoms with Crippen LogP contribution in [0.25, 0.3) is 0 Å². The van der Waals surface area contributed by atoms with Crippen molar-refractivity contribution in [3.63, 3.8) is 0 Å². The first-order chi connectivity index (χ1) is 12.3. The van der Waals surface area contributed by atoms with Gasteiger partial charge < -0.3 is 9.64 Å². The first kappa shape index (κ1) is 19.1. The second kappa shape index (κ2) is 7.91. The van der Waals surface area contributed by atoms with Crippen molar-refractivity contribution in [2.24, 2.45) is 5.92 Å². The second-order valence-electron chi connectivity index (χ2n) is 8.02. The van der Waals surface area contributed by atoms with Crippen molar-refractivity contribution in [1.82, 2.24) is 9.97 Å². The van der Waals surface area contributed by atoms with Gasteiger partial charge in [-0.2, -0.15) is 0 Å². The second-order valence-corrected chi connectivity index (χ2v) is 9.02. The highest BCUT2D eigenvalue weighted by molar-refractivity contribution is 7.09. The van der Waals surface area contributed by atoms with Crippen LogP contribution in [0.4, 0.5) is 10.2 Å². The lowest BCUT2D eigenvalue weighted by atomic mass is 9.92. The van der Waals surface area contributed by atoms with Crippen molar-refractivity contribution < 1.29 is 9.13 Å². The van der Waals surface area contributed by atoms with E-state index in [1.54, 1.807) is 12.3 Å². The predicted molar refractivity (Wildman–Crippen MR) is 105 cm³/mol. The normalized spacial score (nSPS) is 16.1. The van der Waals surface area contributed by atoms with E-state index in [4.69, 9.17) is 9.72 Å². The zero-order valence-electron chi connectivity index (χ0n) is 16.1. The Morgan fingerprint density at radius 3 is 2.65 bits per heavy atom. The molecule has 0 radical (unpaired) electrons. The van der Waals surface area contributed by atoms with E-state index >= 15 is 0 Å². The molecule has 1 fully saturated rings. The molecule has 142 valence electrons. The minimum atomic E-state index is -0.304. The molecule has 0 bridgehead atoms. The van der Waals surface area contributed by atoms with Crippen LogP contribution in [0.2, 0.25) is 0 Å². The molecule has 1 aliphatic heterocycles. The maximum absolute atomic E-state index is 13.6. The van der Waals surface area contributed by atoms with Crippen LogP contribution in [0.15, 0.2) is 17.6 Å². The third-order valence-electron chi connectivity index (χ3n) is 4.63. The molecule has 0 atom stereocenters. The molecular weight excluding hydrogens is 349 g/mol. The molecule has 6 heteroatoms. The zero-order valence-corrected chi connectivity index (χ0v) is 16.9. The van der Waals surface area contributed by atoms with Gasteiger partial charge in [-0.1, -0.05) is 0 Å². The molecule has 2 aromatic rings. The van der Waals surface area contributed by atoms with Gasteiger partial charge in [-0.3, -0.25) is 0 Å². The molecule has 1 aliphatic rings. The van der Waals surface area contributed by atoms with E-state index in [0.29, 0.717) is 11.8 Å². The Morgan fingerprint density at radius 1 is 1.31 bits per heavy atom. The number of aryl methyl sites for hydroxylation is 2. The largest absolute Gasteiger partial charge is 0.469 e. The quantitative estimate of drug-likeness (QED) is 0.734. The van der Waals surface area contributed by atoms with E-state index in [-0.39, 0.29) is 11.4 Å². The molecule has 3 heterocycles. The van der Waals surface area contributed by atoms with Gasteiger partial charge in [0.2, 0.25) is 0 Å². The van der Waals surface area contributed by atoms with Crippen LogP contribution in [0, 0.1) is 18.7 Å². The van der Waals surface area contributed by atoms with Gasteiger partial charge in [0.15, 0.2) is 5.82 Å². The standard InChI is InChI=1S/C20H28FN3OS/c1-14-13-22-19(25-20(2,3)4)18(23-14)24-10-7-15(8-11-24)5-6-17-16(21)9-12-26-17/h9,12-13,15H,5-8,10-11H2,1-4H3. The van der Waals surface area contributed by atoms with Crippen LogP contribution in [-0.4, -0.2) is 28.7 Å². The fourth-order valence-corrected chi connectivity index (χ4v) is 4.06. The fraction of sp³-hybridized carbons (Fsp3) is 0.600. The topological polar surface area (TPSA) is 38.2 Å². The van der Waals surface area contributed by atoms with E-state index in [2.05, 4.69) is 9.88 Å². The van der Waals surface area contributed by atoms with Crippen molar-refractivity contribution in [2.45, 2.75) is 59.0 Å². The van der Waals surface area contributed by atoms with E-state index in [1.165, 1.54) is 11.3 Å².